The Hall–Kier alpha value is -0.193. The molecule has 1 rings (SSSR count). The summed E-state index contributed by atoms with van der Waals surface area (Å²) < 4.78 is 2.01. The molecule has 9 heavy (non-hydrogen) atoms. The second-order valence-electron chi connectivity index (χ2n) is 1.65. The van der Waals surface area contributed by atoms with Gasteiger partial charge >= 0.3 is 18.9 Å². The van der Waals surface area contributed by atoms with Crippen molar-refractivity contribution < 1.29 is 18.9 Å². The third-order valence-electron chi connectivity index (χ3n) is 0.976. The number of aryl methyl sites for hydroxylation is 1. The van der Waals surface area contributed by atoms with Crippen molar-refractivity contribution in [1.29, 1.82) is 0 Å². The number of rotatable bonds is 2. The first kappa shape index (κ1) is 8.81. The van der Waals surface area contributed by atoms with Gasteiger partial charge < -0.3 is 11.5 Å². The van der Waals surface area contributed by atoms with Crippen molar-refractivity contribution in [3.8, 4) is 0 Å². The SMILES string of the molecule is [CH2-]CCn1ccnc1.[Li+]. The van der Waals surface area contributed by atoms with Gasteiger partial charge in [-0.2, -0.15) is 6.42 Å². The molecule has 0 bridgehead atoms. The zero-order valence-electron chi connectivity index (χ0n) is 5.75. The van der Waals surface area contributed by atoms with Crippen LogP contribution in [0, 0.1) is 6.92 Å². The van der Waals surface area contributed by atoms with Gasteiger partial charge in [0.05, 0.1) is 6.33 Å². The van der Waals surface area contributed by atoms with Crippen LogP contribution >= 0.6 is 0 Å². The van der Waals surface area contributed by atoms with E-state index in [0.29, 0.717) is 0 Å². The average Bonchev–Trinajstić information content (AvgIpc) is 2.19. The van der Waals surface area contributed by atoms with E-state index in [9.17, 15) is 0 Å². The quantitative estimate of drug-likeness (QED) is 0.326. The molecular weight excluding hydrogens is 107 g/mol. The van der Waals surface area contributed by atoms with Gasteiger partial charge in [-0.1, -0.05) is 0 Å². The van der Waals surface area contributed by atoms with Gasteiger partial charge in [-0.3, -0.25) is 0 Å². The Morgan fingerprint density at radius 1 is 1.56 bits per heavy atom. The van der Waals surface area contributed by atoms with Gasteiger partial charge in [0.15, 0.2) is 0 Å². The third kappa shape index (κ3) is 2.74. The Kier molecular flexibility index (Phi) is 4.56. The molecular formula is C6H9LiN2. The van der Waals surface area contributed by atoms with Crippen LogP contribution in [-0.4, -0.2) is 9.55 Å². The van der Waals surface area contributed by atoms with Crippen molar-refractivity contribution in [2.45, 2.75) is 13.0 Å². The van der Waals surface area contributed by atoms with Crippen LogP contribution in [0.4, 0.5) is 0 Å². The van der Waals surface area contributed by atoms with E-state index in [1.165, 1.54) is 0 Å². The van der Waals surface area contributed by atoms with Crippen molar-refractivity contribution in [3.05, 3.63) is 25.6 Å². The summed E-state index contributed by atoms with van der Waals surface area (Å²) >= 11 is 0. The molecule has 0 saturated carbocycles. The van der Waals surface area contributed by atoms with Gasteiger partial charge in [-0.15, -0.1) is 0 Å². The minimum Gasteiger partial charge on any atom is -0.342 e. The molecule has 1 aromatic heterocycles. The van der Waals surface area contributed by atoms with Crippen LogP contribution in [0.15, 0.2) is 18.7 Å². The summed E-state index contributed by atoms with van der Waals surface area (Å²) in [4.78, 5) is 3.88. The van der Waals surface area contributed by atoms with Crippen molar-refractivity contribution >= 4 is 0 Å². The minimum atomic E-state index is 0. The van der Waals surface area contributed by atoms with Crippen molar-refractivity contribution in [2.24, 2.45) is 0 Å². The van der Waals surface area contributed by atoms with Crippen molar-refractivity contribution in [1.82, 2.24) is 9.55 Å². The van der Waals surface area contributed by atoms with Gasteiger partial charge in [0.1, 0.15) is 0 Å². The standard InChI is InChI=1S/C6H9N2.Li/c1-2-4-8-5-3-7-6-8;/h3,5-6H,1-2,4H2;/q-1;+1. The summed E-state index contributed by atoms with van der Waals surface area (Å²) in [6, 6.07) is 0. The molecule has 0 aliphatic heterocycles. The Labute approximate surface area is 67.5 Å². The number of aromatic nitrogens is 2. The monoisotopic (exact) mass is 116 g/mol. The predicted octanol–water partition coefficient (Wildman–Crippen LogP) is -1.89. The van der Waals surface area contributed by atoms with Crippen LogP contribution in [0.5, 0.6) is 0 Å². The van der Waals surface area contributed by atoms with E-state index in [2.05, 4.69) is 11.9 Å². The van der Waals surface area contributed by atoms with E-state index < -0.39 is 0 Å². The fraction of sp³-hybridized carbons (Fsp3) is 0.333. The second-order valence-corrected chi connectivity index (χ2v) is 1.65. The summed E-state index contributed by atoms with van der Waals surface area (Å²) in [6.45, 7) is 4.68. The van der Waals surface area contributed by atoms with Gasteiger partial charge in [-0.05, 0) is 6.54 Å². The molecule has 0 amide bonds. The summed E-state index contributed by atoms with van der Waals surface area (Å²) in [6.07, 6.45) is 6.43. The predicted molar refractivity (Wildman–Crippen MR) is 32.2 cm³/mol. The normalized spacial score (nSPS) is 8.56. The molecule has 1 aromatic rings. The zero-order valence-corrected chi connectivity index (χ0v) is 5.75. The van der Waals surface area contributed by atoms with Gasteiger partial charge in [0.25, 0.3) is 0 Å². The number of nitrogens with zero attached hydrogens (tertiary/aromatic N) is 2. The fourth-order valence-electron chi connectivity index (χ4n) is 0.602. The molecule has 0 aliphatic rings. The Bertz CT molecular complexity index is 137. The first-order chi connectivity index (χ1) is 3.93. The summed E-state index contributed by atoms with van der Waals surface area (Å²) in [5.41, 5.74) is 0. The molecule has 3 heteroatoms. The van der Waals surface area contributed by atoms with Crippen LogP contribution in [0.25, 0.3) is 0 Å². The maximum atomic E-state index is 3.88. The molecule has 0 aliphatic carbocycles. The van der Waals surface area contributed by atoms with Crippen molar-refractivity contribution in [3.63, 3.8) is 0 Å². The van der Waals surface area contributed by atoms with Gasteiger partial charge in [0.2, 0.25) is 0 Å². The molecule has 1 heterocycles. The van der Waals surface area contributed by atoms with Crippen molar-refractivity contribution in [2.75, 3.05) is 0 Å². The molecule has 0 spiro atoms. The van der Waals surface area contributed by atoms with Crippen LogP contribution in [0.1, 0.15) is 6.42 Å². The molecule has 2 nitrogen and oxygen atoms in total. The zero-order chi connectivity index (χ0) is 5.82. The van der Waals surface area contributed by atoms with Crippen LogP contribution in [-0.2, 0) is 6.54 Å². The molecule has 0 radical (unpaired) electrons. The summed E-state index contributed by atoms with van der Waals surface area (Å²) in [5.74, 6) is 0. The van der Waals surface area contributed by atoms with E-state index in [1.54, 1.807) is 12.5 Å². The van der Waals surface area contributed by atoms with E-state index in [1.807, 2.05) is 10.8 Å². The van der Waals surface area contributed by atoms with E-state index in [-0.39, 0.29) is 18.9 Å². The Morgan fingerprint density at radius 2 is 2.33 bits per heavy atom. The van der Waals surface area contributed by atoms with E-state index in [0.717, 1.165) is 13.0 Å². The third-order valence-corrected chi connectivity index (χ3v) is 0.976. The average molecular weight is 116 g/mol. The Morgan fingerprint density at radius 3 is 2.78 bits per heavy atom. The second kappa shape index (κ2) is 4.66. The van der Waals surface area contributed by atoms with Crippen LogP contribution < -0.4 is 18.9 Å². The number of hydrogen-bond donors (Lipinski definition) is 0. The summed E-state index contributed by atoms with van der Waals surface area (Å²) in [7, 11) is 0. The molecule has 44 valence electrons. The maximum Gasteiger partial charge on any atom is 1.00 e. The molecule has 0 saturated heterocycles. The summed E-state index contributed by atoms with van der Waals surface area (Å²) in [5, 5.41) is 0. The Balaban J connectivity index is 0.000000640. The van der Waals surface area contributed by atoms with E-state index in [4.69, 9.17) is 0 Å². The molecule has 0 atom stereocenters. The number of imidazole rings is 1. The molecule has 0 fully saturated rings. The first-order valence-corrected chi connectivity index (χ1v) is 2.68. The fourth-order valence-corrected chi connectivity index (χ4v) is 0.602. The molecule has 0 unspecified atom stereocenters. The smallest absolute Gasteiger partial charge is 0.342 e. The topological polar surface area (TPSA) is 17.8 Å². The van der Waals surface area contributed by atoms with Gasteiger partial charge in [-0.25, -0.2) is 4.98 Å². The van der Waals surface area contributed by atoms with Crippen LogP contribution in [0.2, 0.25) is 0 Å². The maximum absolute atomic E-state index is 3.88. The minimum absolute atomic E-state index is 0. The number of hydrogen-bond acceptors (Lipinski definition) is 1. The van der Waals surface area contributed by atoms with Crippen LogP contribution in [0.3, 0.4) is 0 Å². The molecule has 0 N–H and O–H groups in total. The first-order valence-electron chi connectivity index (χ1n) is 2.68. The molecule has 0 aromatic carbocycles. The van der Waals surface area contributed by atoms with Gasteiger partial charge in [0, 0.05) is 12.4 Å². The largest absolute Gasteiger partial charge is 1.00 e. The van der Waals surface area contributed by atoms with E-state index >= 15 is 0 Å².